The molecule has 0 saturated carbocycles. The highest BCUT2D eigenvalue weighted by molar-refractivity contribution is 7.99. The van der Waals surface area contributed by atoms with Crippen LogP contribution in [0.25, 0.3) is 0 Å². The number of aromatic nitrogens is 2. The minimum absolute atomic E-state index is 0.131. The van der Waals surface area contributed by atoms with Gasteiger partial charge in [-0.15, -0.1) is 0 Å². The molecule has 0 fully saturated rings. The predicted octanol–water partition coefficient (Wildman–Crippen LogP) is 2.46. The van der Waals surface area contributed by atoms with Crippen molar-refractivity contribution in [2.24, 2.45) is 7.05 Å². The molecule has 0 radical (unpaired) electrons. The number of carbonyl (C=O) groups excluding carboxylic acids is 1. The zero-order chi connectivity index (χ0) is 17.3. The van der Waals surface area contributed by atoms with Crippen molar-refractivity contribution in [2.45, 2.75) is 30.8 Å². The highest BCUT2D eigenvalue weighted by Gasteiger charge is 2.32. The SMILES string of the molecule is CCCSc1nc(=O)c2c(n1C)NC(=O)CC2c1ccc(O)cc1. The molecule has 126 valence electrons. The molecule has 24 heavy (non-hydrogen) atoms. The van der Waals surface area contributed by atoms with Crippen LogP contribution >= 0.6 is 11.8 Å². The van der Waals surface area contributed by atoms with Gasteiger partial charge in [-0.05, 0) is 24.1 Å². The molecule has 7 heteroatoms. The summed E-state index contributed by atoms with van der Waals surface area (Å²) in [6.45, 7) is 2.06. The third-order valence-electron chi connectivity index (χ3n) is 4.03. The molecule has 1 aliphatic rings. The Bertz CT molecular complexity index is 830. The fraction of sp³-hybridized carbons (Fsp3) is 0.353. The number of phenolic OH excluding ortho intramolecular Hbond substituents is 1. The van der Waals surface area contributed by atoms with Crippen LogP contribution in [0.15, 0.2) is 34.2 Å². The number of hydrogen-bond acceptors (Lipinski definition) is 5. The van der Waals surface area contributed by atoms with Crippen LogP contribution in [0, 0.1) is 0 Å². The van der Waals surface area contributed by atoms with E-state index in [0.717, 1.165) is 17.7 Å². The Morgan fingerprint density at radius 3 is 2.71 bits per heavy atom. The number of amides is 1. The number of benzene rings is 1. The van der Waals surface area contributed by atoms with Gasteiger partial charge in [-0.2, -0.15) is 4.98 Å². The number of anilines is 1. The van der Waals surface area contributed by atoms with Crippen LogP contribution in [0.4, 0.5) is 5.82 Å². The quantitative estimate of drug-likeness (QED) is 0.657. The van der Waals surface area contributed by atoms with Gasteiger partial charge in [0.25, 0.3) is 5.56 Å². The number of carbonyl (C=O) groups is 1. The molecule has 1 aromatic carbocycles. The standard InChI is InChI=1S/C17H19N3O3S/c1-3-8-24-17-19-16(23)14-12(10-4-6-11(21)7-5-10)9-13(22)18-15(14)20(17)2/h4-7,12,21H,3,8-9H2,1-2H3,(H,18,22). The maximum atomic E-state index is 12.6. The Kier molecular flexibility index (Phi) is 4.62. The van der Waals surface area contributed by atoms with Crippen molar-refractivity contribution in [1.29, 1.82) is 0 Å². The summed E-state index contributed by atoms with van der Waals surface area (Å²) < 4.78 is 1.78. The second-order valence-electron chi connectivity index (χ2n) is 5.77. The Morgan fingerprint density at radius 1 is 1.33 bits per heavy atom. The molecule has 1 amide bonds. The normalized spacial score (nSPS) is 16.6. The number of nitrogens with zero attached hydrogens (tertiary/aromatic N) is 2. The van der Waals surface area contributed by atoms with Gasteiger partial charge in [0.2, 0.25) is 5.91 Å². The zero-order valence-corrected chi connectivity index (χ0v) is 14.4. The van der Waals surface area contributed by atoms with E-state index in [1.54, 1.807) is 28.8 Å². The number of rotatable bonds is 4. The average molecular weight is 345 g/mol. The average Bonchev–Trinajstić information content (AvgIpc) is 2.56. The van der Waals surface area contributed by atoms with Crippen LogP contribution in [-0.4, -0.2) is 26.3 Å². The van der Waals surface area contributed by atoms with Crippen molar-refractivity contribution in [3.63, 3.8) is 0 Å². The summed E-state index contributed by atoms with van der Waals surface area (Å²) in [7, 11) is 1.81. The van der Waals surface area contributed by atoms with E-state index < -0.39 is 0 Å². The monoisotopic (exact) mass is 345 g/mol. The van der Waals surface area contributed by atoms with E-state index in [4.69, 9.17) is 0 Å². The molecule has 2 heterocycles. The summed E-state index contributed by atoms with van der Waals surface area (Å²) in [4.78, 5) is 29.0. The number of nitrogens with one attached hydrogen (secondary N) is 1. The number of thioether (sulfide) groups is 1. The van der Waals surface area contributed by atoms with E-state index >= 15 is 0 Å². The lowest BCUT2D eigenvalue weighted by Gasteiger charge is -2.27. The van der Waals surface area contributed by atoms with E-state index in [2.05, 4.69) is 17.2 Å². The molecule has 2 N–H and O–H groups in total. The fourth-order valence-electron chi connectivity index (χ4n) is 2.85. The lowest BCUT2D eigenvalue weighted by atomic mass is 9.87. The van der Waals surface area contributed by atoms with Gasteiger partial charge in [0.15, 0.2) is 5.16 Å². The van der Waals surface area contributed by atoms with Crippen molar-refractivity contribution in [2.75, 3.05) is 11.1 Å². The summed E-state index contributed by atoms with van der Waals surface area (Å²) in [6, 6.07) is 6.60. The van der Waals surface area contributed by atoms with Gasteiger partial charge < -0.3 is 15.0 Å². The molecule has 1 unspecified atom stereocenters. The zero-order valence-electron chi connectivity index (χ0n) is 13.6. The fourth-order valence-corrected chi connectivity index (χ4v) is 3.67. The molecular formula is C17H19N3O3S. The summed E-state index contributed by atoms with van der Waals surface area (Å²) in [6.07, 6.45) is 1.16. The van der Waals surface area contributed by atoms with E-state index in [0.29, 0.717) is 16.5 Å². The molecule has 1 aromatic heterocycles. The van der Waals surface area contributed by atoms with Crippen LogP contribution in [0.3, 0.4) is 0 Å². The van der Waals surface area contributed by atoms with Gasteiger partial charge in [-0.3, -0.25) is 9.59 Å². The van der Waals surface area contributed by atoms with Crippen molar-refractivity contribution in [3.8, 4) is 5.75 Å². The van der Waals surface area contributed by atoms with E-state index in [9.17, 15) is 14.7 Å². The summed E-state index contributed by atoms with van der Waals surface area (Å²) in [5.74, 6) is 1.03. The lowest BCUT2D eigenvalue weighted by molar-refractivity contribution is -0.116. The number of aromatic hydroxyl groups is 1. The van der Waals surface area contributed by atoms with E-state index in [1.807, 2.05) is 7.05 Å². The Morgan fingerprint density at radius 2 is 2.04 bits per heavy atom. The first-order chi connectivity index (χ1) is 11.5. The van der Waals surface area contributed by atoms with Crippen molar-refractivity contribution in [3.05, 3.63) is 45.7 Å². The van der Waals surface area contributed by atoms with Gasteiger partial charge in [-0.1, -0.05) is 30.8 Å². The van der Waals surface area contributed by atoms with Gasteiger partial charge in [0.1, 0.15) is 11.6 Å². The van der Waals surface area contributed by atoms with Crippen LogP contribution in [-0.2, 0) is 11.8 Å². The molecule has 0 bridgehead atoms. The maximum absolute atomic E-state index is 12.6. The van der Waals surface area contributed by atoms with Gasteiger partial charge in [0.05, 0.1) is 5.56 Å². The Hall–Kier alpha value is -2.28. The molecule has 0 spiro atoms. The molecule has 1 atom stereocenters. The Labute approximate surface area is 143 Å². The minimum Gasteiger partial charge on any atom is -0.508 e. The molecule has 6 nitrogen and oxygen atoms in total. The van der Waals surface area contributed by atoms with Crippen LogP contribution in [0.2, 0.25) is 0 Å². The van der Waals surface area contributed by atoms with Crippen molar-refractivity contribution in [1.82, 2.24) is 9.55 Å². The third kappa shape index (κ3) is 3.03. The predicted molar refractivity (Wildman–Crippen MR) is 93.7 cm³/mol. The number of phenols is 1. The maximum Gasteiger partial charge on any atom is 0.279 e. The highest BCUT2D eigenvalue weighted by Crippen LogP contribution is 2.36. The van der Waals surface area contributed by atoms with E-state index in [1.165, 1.54) is 11.8 Å². The first kappa shape index (κ1) is 16.6. The number of fused-ring (bicyclic) bond motifs is 1. The largest absolute Gasteiger partial charge is 0.508 e. The summed E-state index contributed by atoms with van der Waals surface area (Å²) in [5, 5.41) is 12.9. The van der Waals surface area contributed by atoms with Gasteiger partial charge >= 0.3 is 0 Å². The lowest BCUT2D eigenvalue weighted by Crippen LogP contribution is -2.33. The molecule has 0 aliphatic carbocycles. The summed E-state index contributed by atoms with van der Waals surface area (Å²) >= 11 is 1.50. The molecule has 0 saturated heterocycles. The first-order valence-corrected chi connectivity index (χ1v) is 8.82. The van der Waals surface area contributed by atoms with Gasteiger partial charge in [0, 0.05) is 25.1 Å². The van der Waals surface area contributed by atoms with Crippen LogP contribution in [0.5, 0.6) is 5.75 Å². The topological polar surface area (TPSA) is 84.2 Å². The third-order valence-corrected chi connectivity index (χ3v) is 5.27. The summed E-state index contributed by atoms with van der Waals surface area (Å²) in [5.41, 5.74) is 1.01. The van der Waals surface area contributed by atoms with Crippen LogP contribution in [0.1, 0.15) is 36.8 Å². The highest BCUT2D eigenvalue weighted by atomic mass is 32.2. The van der Waals surface area contributed by atoms with Gasteiger partial charge in [-0.25, -0.2) is 0 Å². The molecule has 3 rings (SSSR count). The number of hydrogen-bond donors (Lipinski definition) is 2. The van der Waals surface area contributed by atoms with Crippen molar-refractivity contribution < 1.29 is 9.90 Å². The van der Waals surface area contributed by atoms with Crippen molar-refractivity contribution >= 4 is 23.5 Å². The second kappa shape index (κ2) is 6.68. The second-order valence-corrected chi connectivity index (χ2v) is 6.83. The van der Waals surface area contributed by atoms with E-state index in [-0.39, 0.29) is 29.6 Å². The molecule has 1 aliphatic heterocycles. The minimum atomic E-state index is -0.356. The first-order valence-electron chi connectivity index (χ1n) is 7.83. The molecule has 2 aromatic rings. The van der Waals surface area contributed by atoms with Crippen LogP contribution < -0.4 is 10.9 Å². The Balaban J connectivity index is 2.12. The molecular weight excluding hydrogens is 326 g/mol. The smallest absolute Gasteiger partial charge is 0.279 e.